The molecular weight excluding hydrogens is 156 g/mol. The Hall–Kier alpha value is -0.260. The maximum absolute atomic E-state index is 2.43. The van der Waals surface area contributed by atoms with Crippen molar-refractivity contribution >= 4 is 0 Å². The van der Waals surface area contributed by atoms with Crippen LogP contribution in [0.5, 0.6) is 0 Å². The van der Waals surface area contributed by atoms with Gasteiger partial charge < -0.3 is 0 Å². The Balaban J connectivity index is 3.75. The topological polar surface area (TPSA) is 0 Å². The Morgan fingerprint density at radius 1 is 1.08 bits per heavy atom. The molecule has 2 unspecified atom stereocenters. The second-order valence-corrected chi connectivity index (χ2v) is 4.03. The van der Waals surface area contributed by atoms with Crippen molar-refractivity contribution in [2.75, 3.05) is 0 Å². The summed E-state index contributed by atoms with van der Waals surface area (Å²) in [6.07, 6.45) is 11.3. The fraction of sp³-hybridized carbons (Fsp3) is 0.846. The van der Waals surface area contributed by atoms with Crippen molar-refractivity contribution in [3.8, 4) is 0 Å². The molecule has 0 saturated heterocycles. The average Bonchev–Trinajstić information content (AvgIpc) is 2.17. The fourth-order valence-corrected chi connectivity index (χ4v) is 1.62. The first-order valence-electron chi connectivity index (χ1n) is 5.92. The number of hydrogen-bond acceptors (Lipinski definition) is 0. The van der Waals surface area contributed by atoms with Gasteiger partial charge in [0.25, 0.3) is 0 Å². The van der Waals surface area contributed by atoms with Gasteiger partial charge in [0.15, 0.2) is 0 Å². The molecule has 0 radical (unpaired) electrons. The van der Waals surface area contributed by atoms with Crippen LogP contribution < -0.4 is 0 Å². The minimum absolute atomic E-state index is 0.807. The standard InChI is InChI=1S/C13H26/c1-5-8-9-10-11-13(7-3)12(4)6-2/h10-13H,5-9H2,1-4H3. The molecule has 0 N–H and O–H groups in total. The van der Waals surface area contributed by atoms with Crippen molar-refractivity contribution in [1.29, 1.82) is 0 Å². The van der Waals surface area contributed by atoms with E-state index < -0.39 is 0 Å². The van der Waals surface area contributed by atoms with E-state index >= 15 is 0 Å². The highest BCUT2D eigenvalue weighted by molar-refractivity contribution is 4.89. The van der Waals surface area contributed by atoms with Crippen LogP contribution in [-0.2, 0) is 0 Å². The second-order valence-electron chi connectivity index (χ2n) is 4.03. The zero-order chi connectivity index (χ0) is 10.1. The van der Waals surface area contributed by atoms with Crippen LogP contribution in [0.4, 0.5) is 0 Å². The predicted octanol–water partition coefficient (Wildman–Crippen LogP) is 4.81. The van der Waals surface area contributed by atoms with Gasteiger partial charge in [0.2, 0.25) is 0 Å². The third-order valence-corrected chi connectivity index (χ3v) is 2.95. The Kier molecular flexibility index (Phi) is 8.18. The van der Waals surface area contributed by atoms with E-state index in [0.29, 0.717) is 0 Å². The summed E-state index contributed by atoms with van der Waals surface area (Å²) in [4.78, 5) is 0. The van der Waals surface area contributed by atoms with Crippen LogP contribution in [0.2, 0.25) is 0 Å². The predicted molar refractivity (Wildman–Crippen MR) is 61.9 cm³/mol. The molecule has 0 spiro atoms. The Morgan fingerprint density at radius 2 is 1.77 bits per heavy atom. The number of allylic oxidation sites excluding steroid dienone is 2. The fourth-order valence-electron chi connectivity index (χ4n) is 1.62. The molecule has 0 rings (SSSR count). The summed E-state index contributed by atoms with van der Waals surface area (Å²) >= 11 is 0. The van der Waals surface area contributed by atoms with Gasteiger partial charge >= 0.3 is 0 Å². The van der Waals surface area contributed by atoms with E-state index in [1.54, 1.807) is 0 Å². The van der Waals surface area contributed by atoms with Gasteiger partial charge in [-0.05, 0) is 24.7 Å². The van der Waals surface area contributed by atoms with Gasteiger partial charge in [0.1, 0.15) is 0 Å². The quantitative estimate of drug-likeness (QED) is 0.392. The van der Waals surface area contributed by atoms with E-state index in [-0.39, 0.29) is 0 Å². The lowest BCUT2D eigenvalue weighted by Crippen LogP contribution is -2.06. The number of unbranched alkanes of at least 4 members (excludes halogenated alkanes) is 2. The van der Waals surface area contributed by atoms with E-state index in [9.17, 15) is 0 Å². The maximum atomic E-state index is 2.43. The third kappa shape index (κ3) is 5.90. The van der Waals surface area contributed by atoms with Crippen molar-refractivity contribution in [3.63, 3.8) is 0 Å². The second kappa shape index (κ2) is 8.34. The highest BCUT2D eigenvalue weighted by Gasteiger charge is 2.08. The highest BCUT2D eigenvalue weighted by atomic mass is 14.1. The molecule has 0 amide bonds. The van der Waals surface area contributed by atoms with Crippen LogP contribution in [0.25, 0.3) is 0 Å². The smallest absolute Gasteiger partial charge is 0.0210 e. The summed E-state index contributed by atoms with van der Waals surface area (Å²) in [5, 5.41) is 0. The largest absolute Gasteiger partial charge is 0.0883 e. The Morgan fingerprint density at radius 3 is 2.23 bits per heavy atom. The molecule has 0 saturated carbocycles. The van der Waals surface area contributed by atoms with Gasteiger partial charge in [-0.25, -0.2) is 0 Å². The van der Waals surface area contributed by atoms with Crippen molar-refractivity contribution in [2.24, 2.45) is 11.8 Å². The first-order chi connectivity index (χ1) is 6.26. The number of rotatable bonds is 7. The van der Waals surface area contributed by atoms with Gasteiger partial charge in [0, 0.05) is 0 Å². The lowest BCUT2D eigenvalue weighted by atomic mass is 9.89. The molecule has 2 atom stereocenters. The number of hydrogen-bond donors (Lipinski definition) is 0. The van der Waals surface area contributed by atoms with E-state index in [1.807, 2.05) is 0 Å². The molecule has 0 aliphatic rings. The summed E-state index contributed by atoms with van der Waals surface area (Å²) in [7, 11) is 0. The van der Waals surface area contributed by atoms with E-state index in [0.717, 1.165) is 11.8 Å². The summed E-state index contributed by atoms with van der Waals surface area (Å²) in [5.74, 6) is 1.66. The molecule has 0 aliphatic carbocycles. The minimum Gasteiger partial charge on any atom is -0.0883 e. The molecule has 0 heterocycles. The van der Waals surface area contributed by atoms with Crippen LogP contribution >= 0.6 is 0 Å². The molecular formula is C13H26. The van der Waals surface area contributed by atoms with Crippen molar-refractivity contribution in [2.45, 2.75) is 59.8 Å². The summed E-state index contributed by atoms with van der Waals surface area (Å²) in [6, 6.07) is 0. The molecule has 0 bridgehead atoms. The van der Waals surface area contributed by atoms with Gasteiger partial charge in [-0.2, -0.15) is 0 Å². The molecule has 0 aromatic rings. The van der Waals surface area contributed by atoms with E-state index in [2.05, 4.69) is 39.8 Å². The third-order valence-electron chi connectivity index (χ3n) is 2.95. The molecule has 78 valence electrons. The molecule has 0 nitrogen and oxygen atoms in total. The minimum atomic E-state index is 0.807. The van der Waals surface area contributed by atoms with E-state index in [4.69, 9.17) is 0 Å². The first-order valence-corrected chi connectivity index (χ1v) is 5.92. The highest BCUT2D eigenvalue weighted by Crippen LogP contribution is 2.20. The summed E-state index contributed by atoms with van der Waals surface area (Å²) < 4.78 is 0. The van der Waals surface area contributed by atoms with Crippen LogP contribution in [0.1, 0.15) is 59.8 Å². The first kappa shape index (κ1) is 12.7. The molecule has 0 fully saturated rings. The molecule has 0 aromatic carbocycles. The average molecular weight is 182 g/mol. The SMILES string of the molecule is CCCCC=CC(CC)C(C)CC. The van der Waals surface area contributed by atoms with Crippen molar-refractivity contribution in [1.82, 2.24) is 0 Å². The van der Waals surface area contributed by atoms with Crippen LogP contribution in [0.3, 0.4) is 0 Å². The van der Waals surface area contributed by atoms with Gasteiger partial charge in [-0.15, -0.1) is 0 Å². The molecule has 0 aromatic heterocycles. The normalized spacial score (nSPS) is 16.3. The Labute approximate surface area is 84.4 Å². The monoisotopic (exact) mass is 182 g/mol. The van der Waals surface area contributed by atoms with Gasteiger partial charge in [-0.3, -0.25) is 0 Å². The molecule has 0 aliphatic heterocycles. The van der Waals surface area contributed by atoms with Gasteiger partial charge in [-0.1, -0.05) is 59.1 Å². The summed E-state index contributed by atoms with van der Waals surface area (Å²) in [5.41, 5.74) is 0. The molecule has 13 heavy (non-hydrogen) atoms. The van der Waals surface area contributed by atoms with Crippen LogP contribution in [0.15, 0.2) is 12.2 Å². The van der Waals surface area contributed by atoms with Crippen molar-refractivity contribution < 1.29 is 0 Å². The lowest BCUT2D eigenvalue weighted by Gasteiger charge is -2.17. The van der Waals surface area contributed by atoms with Crippen LogP contribution in [0, 0.1) is 11.8 Å². The van der Waals surface area contributed by atoms with Crippen molar-refractivity contribution in [3.05, 3.63) is 12.2 Å². The zero-order valence-corrected chi connectivity index (χ0v) is 9.84. The van der Waals surface area contributed by atoms with E-state index in [1.165, 1.54) is 32.1 Å². The van der Waals surface area contributed by atoms with Crippen LogP contribution in [-0.4, -0.2) is 0 Å². The lowest BCUT2D eigenvalue weighted by molar-refractivity contribution is 0.405. The summed E-state index contributed by atoms with van der Waals surface area (Å²) in [6.45, 7) is 9.19. The molecule has 0 heteroatoms. The maximum Gasteiger partial charge on any atom is -0.0210 e. The zero-order valence-electron chi connectivity index (χ0n) is 9.84. The van der Waals surface area contributed by atoms with Gasteiger partial charge in [0.05, 0.1) is 0 Å². The Bertz CT molecular complexity index is 124.